The molecular weight excluding hydrogens is 372 g/mol. The highest BCUT2D eigenvalue weighted by atomic mass is 16.3. The molecule has 4 rings (SSSR count). The predicted molar refractivity (Wildman–Crippen MR) is 110 cm³/mol. The SMILES string of the molecule is Cc1oc2[nH]c(=O)n(-c3ccccc3)c(=O)c2c1C(=O)N(C)CCN1CCCC1. The van der Waals surface area contributed by atoms with Crippen LogP contribution in [0.2, 0.25) is 0 Å². The number of benzene rings is 1. The Morgan fingerprint density at radius 3 is 2.55 bits per heavy atom. The fraction of sp³-hybridized carbons (Fsp3) is 0.381. The molecule has 2 aromatic heterocycles. The second-order valence-corrected chi connectivity index (χ2v) is 7.42. The summed E-state index contributed by atoms with van der Waals surface area (Å²) in [5.41, 5.74) is -0.511. The average Bonchev–Trinajstić information content (AvgIpc) is 3.33. The molecule has 152 valence electrons. The van der Waals surface area contributed by atoms with Crippen LogP contribution in [0.15, 0.2) is 44.3 Å². The normalized spacial score (nSPS) is 14.6. The fourth-order valence-corrected chi connectivity index (χ4v) is 3.85. The maximum absolute atomic E-state index is 13.2. The molecule has 1 fully saturated rings. The summed E-state index contributed by atoms with van der Waals surface area (Å²) in [6.07, 6.45) is 2.38. The van der Waals surface area contributed by atoms with Gasteiger partial charge in [0.15, 0.2) is 0 Å². The van der Waals surface area contributed by atoms with Crippen molar-refractivity contribution >= 4 is 17.0 Å². The van der Waals surface area contributed by atoms with Crippen molar-refractivity contribution in [3.05, 3.63) is 62.5 Å². The second kappa shape index (κ2) is 7.71. The van der Waals surface area contributed by atoms with E-state index in [1.165, 1.54) is 12.8 Å². The highest BCUT2D eigenvalue weighted by Gasteiger charge is 2.26. The average molecular weight is 396 g/mol. The topological polar surface area (TPSA) is 91.5 Å². The van der Waals surface area contributed by atoms with Gasteiger partial charge in [-0.2, -0.15) is 0 Å². The van der Waals surface area contributed by atoms with Crippen LogP contribution >= 0.6 is 0 Å². The summed E-state index contributed by atoms with van der Waals surface area (Å²) in [6, 6.07) is 8.61. The zero-order valence-electron chi connectivity index (χ0n) is 16.6. The van der Waals surface area contributed by atoms with Gasteiger partial charge in [0.25, 0.3) is 11.5 Å². The number of carbonyl (C=O) groups excluding carboxylic acids is 1. The van der Waals surface area contributed by atoms with Gasteiger partial charge in [-0.1, -0.05) is 18.2 Å². The largest absolute Gasteiger partial charge is 0.444 e. The van der Waals surface area contributed by atoms with Gasteiger partial charge < -0.3 is 14.2 Å². The third-order valence-corrected chi connectivity index (χ3v) is 5.45. The smallest absolute Gasteiger partial charge is 0.335 e. The van der Waals surface area contributed by atoms with Crippen LogP contribution in [-0.4, -0.2) is 58.5 Å². The van der Waals surface area contributed by atoms with Crippen LogP contribution in [-0.2, 0) is 0 Å². The minimum Gasteiger partial charge on any atom is -0.444 e. The Morgan fingerprint density at radius 2 is 1.86 bits per heavy atom. The number of likely N-dealkylation sites (N-methyl/N-ethyl adjacent to an activating group) is 1. The lowest BCUT2D eigenvalue weighted by Gasteiger charge is -2.21. The highest BCUT2D eigenvalue weighted by Crippen LogP contribution is 2.22. The van der Waals surface area contributed by atoms with Crippen molar-refractivity contribution in [2.75, 3.05) is 33.2 Å². The van der Waals surface area contributed by atoms with Crippen molar-refractivity contribution in [2.45, 2.75) is 19.8 Å². The summed E-state index contributed by atoms with van der Waals surface area (Å²) in [6.45, 7) is 5.09. The molecule has 0 spiro atoms. The van der Waals surface area contributed by atoms with Crippen LogP contribution in [0.3, 0.4) is 0 Å². The number of aromatic amines is 1. The Morgan fingerprint density at radius 1 is 1.17 bits per heavy atom. The molecule has 0 radical (unpaired) electrons. The van der Waals surface area contributed by atoms with E-state index < -0.39 is 11.2 Å². The number of H-pyrrole nitrogens is 1. The van der Waals surface area contributed by atoms with E-state index in [0.29, 0.717) is 18.0 Å². The van der Waals surface area contributed by atoms with Crippen LogP contribution < -0.4 is 11.2 Å². The highest BCUT2D eigenvalue weighted by molar-refractivity contribution is 6.06. The quantitative estimate of drug-likeness (QED) is 0.709. The van der Waals surface area contributed by atoms with E-state index in [0.717, 1.165) is 24.2 Å². The van der Waals surface area contributed by atoms with Gasteiger partial charge in [0.05, 0.1) is 11.3 Å². The summed E-state index contributed by atoms with van der Waals surface area (Å²) >= 11 is 0. The van der Waals surface area contributed by atoms with Crippen LogP contribution in [0.1, 0.15) is 29.0 Å². The lowest BCUT2D eigenvalue weighted by molar-refractivity contribution is 0.0782. The van der Waals surface area contributed by atoms with Crippen molar-refractivity contribution in [1.29, 1.82) is 0 Å². The molecule has 0 unspecified atom stereocenters. The third kappa shape index (κ3) is 3.51. The first-order valence-corrected chi connectivity index (χ1v) is 9.79. The number of para-hydroxylation sites is 1. The van der Waals surface area contributed by atoms with Gasteiger partial charge in [0.1, 0.15) is 11.1 Å². The maximum atomic E-state index is 13.2. The summed E-state index contributed by atoms with van der Waals surface area (Å²) < 4.78 is 6.60. The third-order valence-electron chi connectivity index (χ3n) is 5.45. The minimum absolute atomic E-state index is 0.0287. The molecule has 1 aromatic carbocycles. The number of fused-ring (bicyclic) bond motifs is 1. The minimum atomic E-state index is -0.608. The molecule has 0 bridgehead atoms. The summed E-state index contributed by atoms with van der Waals surface area (Å²) in [5, 5.41) is 0.101. The van der Waals surface area contributed by atoms with E-state index in [1.807, 2.05) is 0 Å². The first-order chi connectivity index (χ1) is 14.0. The molecule has 8 nitrogen and oxygen atoms in total. The summed E-state index contributed by atoms with van der Waals surface area (Å²) in [7, 11) is 1.72. The monoisotopic (exact) mass is 396 g/mol. The first kappa shape index (κ1) is 19.2. The second-order valence-electron chi connectivity index (χ2n) is 7.42. The number of hydrogen-bond acceptors (Lipinski definition) is 5. The van der Waals surface area contributed by atoms with Gasteiger partial charge >= 0.3 is 5.69 Å². The van der Waals surface area contributed by atoms with Crippen molar-refractivity contribution in [3.63, 3.8) is 0 Å². The number of aryl methyl sites for hydroxylation is 1. The molecule has 1 aliphatic rings. The molecule has 0 atom stereocenters. The van der Waals surface area contributed by atoms with Crippen LogP contribution in [0.5, 0.6) is 0 Å². The Labute approximate surface area is 167 Å². The Hall–Kier alpha value is -3.13. The van der Waals surface area contributed by atoms with Gasteiger partial charge in [0.2, 0.25) is 5.71 Å². The number of nitrogens with zero attached hydrogens (tertiary/aromatic N) is 3. The summed E-state index contributed by atoms with van der Waals surface area (Å²) in [4.78, 5) is 45.3. The van der Waals surface area contributed by atoms with E-state index >= 15 is 0 Å². The van der Waals surface area contributed by atoms with Crippen molar-refractivity contribution in [2.24, 2.45) is 0 Å². The molecule has 1 aliphatic heterocycles. The van der Waals surface area contributed by atoms with Gasteiger partial charge in [-0.05, 0) is 45.0 Å². The molecule has 1 amide bonds. The van der Waals surface area contributed by atoms with Crippen LogP contribution in [0.25, 0.3) is 16.8 Å². The fourth-order valence-electron chi connectivity index (χ4n) is 3.85. The Bertz CT molecular complexity index is 1150. The van der Waals surface area contributed by atoms with Crippen molar-refractivity contribution in [1.82, 2.24) is 19.4 Å². The predicted octanol–water partition coefficient (Wildman–Crippen LogP) is 1.75. The molecule has 3 aromatic rings. The number of aromatic nitrogens is 2. The van der Waals surface area contributed by atoms with E-state index in [-0.39, 0.29) is 22.6 Å². The number of likely N-dealkylation sites (tertiary alicyclic amines) is 1. The van der Waals surface area contributed by atoms with Gasteiger partial charge in [0, 0.05) is 20.1 Å². The number of hydrogen-bond donors (Lipinski definition) is 1. The lowest BCUT2D eigenvalue weighted by atomic mass is 10.1. The molecular formula is C21H24N4O4. The lowest BCUT2D eigenvalue weighted by Crippen LogP contribution is -2.37. The zero-order chi connectivity index (χ0) is 20.5. The van der Waals surface area contributed by atoms with E-state index in [4.69, 9.17) is 4.42 Å². The van der Waals surface area contributed by atoms with Crippen molar-refractivity contribution in [3.8, 4) is 5.69 Å². The van der Waals surface area contributed by atoms with Crippen LogP contribution in [0.4, 0.5) is 0 Å². The van der Waals surface area contributed by atoms with E-state index in [9.17, 15) is 14.4 Å². The number of amides is 1. The van der Waals surface area contributed by atoms with E-state index in [1.54, 1.807) is 49.2 Å². The van der Waals surface area contributed by atoms with Gasteiger partial charge in [-0.3, -0.25) is 14.6 Å². The van der Waals surface area contributed by atoms with Crippen molar-refractivity contribution < 1.29 is 9.21 Å². The number of carbonyl (C=O) groups is 1. The standard InChI is InChI=1S/C21H24N4O4/c1-14-16(19(26)23(2)12-13-24-10-6-7-11-24)17-18(29-14)22-21(28)25(20(17)27)15-8-4-3-5-9-15/h3-5,8-9H,6-7,10-13H2,1-2H3,(H,22,28). The molecule has 0 saturated carbocycles. The molecule has 8 heteroatoms. The van der Waals surface area contributed by atoms with Gasteiger partial charge in [-0.25, -0.2) is 9.36 Å². The zero-order valence-corrected chi connectivity index (χ0v) is 16.6. The molecule has 0 aliphatic carbocycles. The summed E-state index contributed by atoms with van der Waals surface area (Å²) in [5.74, 6) is 0.0285. The molecule has 3 heterocycles. The Balaban J connectivity index is 1.74. The number of rotatable bonds is 5. The molecule has 1 N–H and O–H groups in total. The first-order valence-electron chi connectivity index (χ1n) is 9.79. The number of nitrogens with one attached hydrogen (secondary N) is 1. The number of furan rings is 1. The Kier molecular flexibility index (Phi) is 5.10. The van der Waals surface area contributed by atoms with E-state index in [2.05, 4.69) is 9.88 Å². The molecule has 29 heavy (non-hydrogen) atoms. The van der Waals surface area contributed by atoms with Gasteiger partial charge in [-0.15, -0.1) is 0 Å². The molecule has 1 saturated heterocycles. The maximum Gasteiger partial charge on any atom is 0.335 e. The van der Waals surface area contributed by atoms with Crippen LogP contribution in [0, 0.1) is 6.92 Å².